The molecule has 10 bridgehead atoms. The minimum Gasteiger partial charge on any atom is -0.444 e. The molecule has 23 nitrogen and oxygen atoms in total. The lowest BCUT2D eigenvalue weighted by Crippen LogP contribution is -2.44. The van der Waals surface area contributed by atoms with Crippen LogP contribution in [0.2, 0.25) is 0 Å². The Morgan fingerprint density at radius 3 is 0.918 bits per heavy atom. The van der Waals surface area contributed by atoms with E-state index in [1.54, 1.807) is 83.1 Å². The van der Waals surface area contributed by atoms with E-state index in [0.29, 0.717) is 91.4 Å². The SMILES string of the molecule is CCC1=C(C)c2nc1cc1[nH]c(cc3[nH]c(cc4[nH]c(cc5nc2C(C)=C5CC)c(C)c4CCC(=O)NCCN(CCNC(=O)OC(C)(C)C)CCNC(=O)OC(C)(C)C)c(CC)c3CC)c(CCC(=O)NCCN(CCNC(=O)OC(C)(C)C)CCNC(=O)OC(C)(C)C)c1C. The van der Waals surface area contributed by atoms with Crippen molar-refractivity contribution >= 4 is 91.6 Å². The predicted octanol–water partition coefficient (Wildman–Crippen LogP) is 12.6. The van der Waals surface area contributed by atoms with Crippen LogP contribution in [-0.4, -0.2) is 172 Å². The van der Waals surface area contributed by atoms with Gasteiger partial charge in [-0.25, -0.2) is 29.1 Å². The second kappa shape index (κ2) is 34.4. The molecule has 0 saturated heterocycles. The number of hydrogen-bond donors (Lipinski definition) is 9. The Labute approximate surface area is 574 Å². The average molecular weight is 1340 g/mol. The molecule has 4 aromatic rings. The fourth-order valence-corrected chi connectivity index (χ4v) is 12.1. The maximum Gasteiger partial charge on any atom is 0.407 e. The van der Waals surface area contributed by atoms with E-state index in [1.807, 2.05) is 0 Å². The summed E-state index contributed by atoms with van der Waals surface area (Å²) in [4.78, 5) is 104. The van der Waals surface area contributed by atoms with Crippen LogP contribution >= 0.6 is 0 Å². The van der Waals surface area contributed by atoms with Crippen molar-refractivity contribution in [3.8, 4) is 0 Å². The van der Waals surface area contributed by atoms with Crippen LogP contribution in [-0.2, 0) is 54.2 Å². The third-order valence-corrected chi connectivity index (χ3v) is 16.8. The van der Waals surface area contributed by atoms with Crippen LogP contribution < -0.4 is 31.9 Å². The molecular weight excluding hydrogens is 1230 g/mol. The lowest BCUT2D eigenvalue weighted by atomic mass is 9.99. The summed E-state index contributed by atoms with van der Waals surface area (Å²) in [5, 5.41) is 17.5. The van der Waals surface area contributed by atoms with Crippen LogP contribution in [0.5, 0.6) is 0 Å². The Hall–Kier alpha value is -8.18. The Balaban J connectivity index is 1.35. The van der Waals surface area contributed by atoms with Crippen LogP contribution in [0.1, 0.15) is 206 Å². The zero-order valence-electron chi connectivity index (χ0n) is 61.8. The number of allylic oxidation sites excluding steroid dienone is 4. The molecule has 0 saturated carbocycles. The molecule has 6 heterocycles. The third kappa shape index (κ3) is 23.5. The number of ether oxygens (including phenoxy) is 4. The largest absolute Gasteiger partial charge is 0.444 e. The highest BCUT2D eigenvalue weighted by Crippen LogP contribution is 2.40. The van der Waals surface area contributed by atoms with E-state index in [4.69, 9.17) is 28.9 Å². The molecule has 0 aromatic carbocycles. The monoisotopic (exact) mass is 1340 g/mol. The summed E-state index contributed by atoms with van der Waals surface area (Å²) in [5.74, 6) is -0.237. The number of fused-ring (bicyclic) bond motifs is 11. The van der Waals surface area contributed by atoms with Gasteiger partial charge in [-0.3, -0.25) is 19.4 Å². The molecule has 9 N–H and O–H groups in total. The Morgan fingerprint density at radius 1 is 0.381 bits per heavy atom. The van der Waals surface area contributed by atoms with Crippen molar-refractivity contribution in [2.75, 3.05) is 78.5 Å². The first-order chi connectivity index (χ1) is 45.5. The van der Waals surface area contributed by atoms with E-state index in [-0.39, 0.29) is 24.7 Å². The lowest BCUT2D eigenvalue weighted by molar-refractivity contribution is -0.121. The Morgan fingerprint density at radius 2 is 0.649 bits per heavy atom. The molecule has 0 radical (unpaired) electrons. The zero-order valence-corrected chi connectivity index (χ0v) is 61.8. The maximum absolute atomic E-state index is 14.0. The number of rotatable bonds is 28. The quantitative estimate of drug-likeness (QED) is 0.0239. The number of nitrogens with one attached hydrogen (secondary N) is 9. The van der Waals surface area contributed by atoms with E-state index >= 15 is 0 Å². The summed E-state index contributed by atoms with van der Waals surface area (Å²) in [7, 11) is 0. The van der Waals surface area contributed by atoms with Gasteiger partial charge in [0.25, 0.3) is 0 Å². The highest BCUT2D eigenvalue weighted by atomic mass is 16.6. The predicted molar refractivity (Wildman–Crippen MR) is 388 cm³/mol. The van der Waals surface area contributed by atoms with Crippen molar-refractivity contribution in [1.82, 2.24) is 66.6 Å². The van der Waals surface area contributed by atoms with Crippen LogP contribution in [0.4, 0.5) is 19.2 Å². The van der Waals surface area contributed by atoms with Crippen molar-refractivity contribution in [3.05, 3.63) is 80.4 Å². The van der Waals surface area contributed by atoms with Gasteiger partial charge in [0.1, 0.15) is 22.4 Å². The van der Waals surface area contributed by atoms with Gasteiger partial charge >= 0.3 is 24.4 Å². The number of aryl methyl sites for hydroxylation is 6. The fourth-order valence-electron chi connectivity index (χ4n) is 12.1. The van der Waals surface area contributed by atoms with Crippen LogP contribution in [0.15, 0.2) is 24.3 Å². The summed E-state index contributed by atoms with van der Waals surface area (Å²) in [6.45, 7) is 43.3. The number of carbonyl (C=O) groups is 6. The summed E-state index contributed by atoms with van der Waals surface area (Å²) in [6.07, 6.45) is 2.21. The van der Waals surface area contributed by atoms with Gasteiger partial charge in [0.15, 0.2) is 0 Å². The molecule has 0 fully saturated rings. The number of alkyl carbamates (subject to hydrolysis) is 4. The second-order valence-corrected chi connectivity index (χ2v) is 29.0. The van der Waals surface area contributed by atoms with Gasteiger partial charge in [0.2, 0.25) is 11.8 Å². The minimum atomic E-state index is -0.651. The van der Waals surface area contributed by atoms with E-state index in [0.717, 1.165) is 126 Å². The van der Waals surface area contributed by atoms with Crippen LogP contribution in [0.3, 0.4) is 0 Å². The first kappa shape index (κ1) is 77.8. The van der Waals surface area contributed by atoms with Gasteiger partial charge in [0, 0.05) is 124 Å². The van der Waals surface area contributed by atoms with Gasteiger partial charge in [-0.2, -0.15) is 0 Å². The van der Waals surface area contributed by atoms with Crippen molar-refractivity contribution in [2.45, 2.75) is 212 Å². The highest BCUT2D eigenvalue weighted by Gasteiger charge is 2.27. The van der Waals surface area contributed by atoms with Crippen molar-refractivity contribution in [3.63, 3.8) is 0 Å². The summed E-state index contributed by atoms with van der Waals surface area (Å²) >= 11 is 0. The Bertz CT molecular complexity index is 3440. The fraction of sp³-hybridized carbons (Fsp3) is 0.595. The number of hydrogen-bond acceptors (Lipinski definition) is 14. The second-order valence-electron chi connectivity index (χ2n) is 29.0. The first-order valence-electron chi connectivity index (χ1n) is 34.7. The van der Waals surface area contributed by atoms with Gasteiger partial charge in [-0.05, 0) is 229 Å². The van der Waals surface area contributed by atoms with Crippen LogP contribution in [0, 0.1) is 13.8 Å². The topological polar surface area (TPSA) is 291 Å². The summed E-state index contributed by atoms with van der Waals surface area (Å²) in [6, 6.07) is 8.64. The van der Waals surface area contributed by atoms with E-state index in [9.17, 15) is 28.8 Å². The first-order valence-corrected chi connectivity index (χ1v) is 34.7. The number of nitrogens with zero attached hydrogens (tertiary/aromatic N) is 4. The molecule has 0 atom stereocenters. The molecular formula is C74H113N13O10. The number of aromatic nitrogens is 5. The molecule has 4 aromatic heterocycles. The van der Waals surface area contributed by atoms with Gasteiger partial charge < -0.3 is 65.8 Å². The molecule has 2 aliphatic heterocycles. The standard InChI is InChI=1S/C74H113N13O10/c1-21-49-47(7)65-66-48(8)50(22-2)58(85-66)42-56-46(6)54(26-28-64(89)76-30-36-87(39-33-79-69(92)96-73(15,16)17)40-34-80-70(93)97-74(18,19)20)62(82-56)44-60-52(24-4)51(23-3)59(83-60)43-61-53(45(5)55(81-61)41-57(49)84-65)25-27-63(88)75-29-35-86(37-31-77-67(90)94-71(9,10)11)38-32-78-68(91)95-72(12,13)14/h41-44,81-83H,21-40H2,1-20H3,(H,75,88)(H,76,89)(H,77,90)(H,78,91)(H,79,92)(H,80,93). The zero-order chi connectivity index (χ0) is 71.7. The number of amides is 6. The number of carbonyl (C=O) groups excluding carboxylic acids is 6. The smallest absolute Gasteiger partial charge is 0.407 e. The molecule has 23 heteroatoms. The van der Waals surface area contributed by atoms with Crippen molar-refractivity contribution < 1.29 is 47.7 Å². The van der Waals surface area contributed by atoms with E-state index in [1.165, 1.54) is 11.1 Å². The minimum absolute atomic E-state index is 0.119. The maximum atomic E-state index is 14.0. The lowest BCUT2D eigenvalue weighted by Gasteiger charge is -2.25. The summed E-state index contributed by atoms with van der Waals surface area (Å²) < 4.78 is 21.8. The number of H-pyrrole nitrogens is 3. The average Bonchev–Trinajstić information content (AvgIpc) is 1.62. The van der Waals surface area contributed by atoms with E-state index < -0.39 is 46.8 Å². The van der Waals surface area contributed by atoms with Crippen LogP contribution in [0.25, 0.3) is 55.4 Å². The molecule has 2 aliphatic rings. The van der Waals surface area contributed by atoms with Gasteiger partial charge in [0.05, 0.1) is 22.8 Å². The molecule has 6 amide bonds. The van der Waals surface area contributed by atoms with Crippen molar-refractivity contribution in [2.24, 2.45) is 0 Å². The van der Waals surface area contributed by atoms with Gasteiger partial charge in [-0.1, -0.05) is 27.7 Å². The van der Waals surface area contributed by atoms with E-state index in [2.05, 4.69) is 136 Å². The molecule has 97 heavy (non-hydrogen) atoms. The highest BCUT2D eigenvalue weighted by molar-refractivity contribution is 6.00. The third-order valence-electron chi connectivity index (χ3n) is 16.8. The molecule has 0 aliphatic carbocycles. The summed E-state index contributed by atoms with van der Waals surface area (Å²) in [5.41, 5.74) is 17.1. The normalized spacial score (nSPS) is 12.9. The number of aromatic amines is 3. The van der Waals surface area contributed by atoms with Crippen molar-refractivity contribution in [1.29, 1.82) is 0 Å². The molecule has 534 valence electrons. The molecule has 0 spiro atoms. The molecule has 6 rings (SSSR count). The molecule has 0 unspecified atom stereocenters. The Kier molecular flexibility index (Phi) is 27.6. The van der Waals surface area contributed by atoms with Gasteiger partial charge in [-0.15, -0.1) is 0 Å².